The Hall–Kier alpha value is -2.62. The highest BCUT2D eigenvalue weighted by Crippen LogP contribution is 2.27. The third-order valence-corrected chi connectivity index (χ3v) is 5.39. The lowest BCUT2D eigenvalue weighted by Crippen LogP contribution is -2.10. The highest BCUT2D eigenvalue weighted by Gasteiger charge is 2.16. The number of rotatable bonds is 0. The molecule has 2 heterocycles. The maximum absolute atomic E-state index is 4.43. The van der Waals surface area contributed by atoms with Crippen LogP contribution < -0.4 is 0 Å². The Bertz CT molecular complexity index is 1150. The summed E-state index contributed by atoms with van der Waals surface area (Å²) in [6.45, 7) is 15.4. The van der Waals surface area contributed by atoms with Gasteiger partial charge in [-0.15, -0.1) is 0 Å². The van der Waals surface area contributed by atoms with Crippen LogP contribution in [0.3, 0.4) is 0 Å². The van der Waals surface area contributed by atoms with Gasteiger partial charge in [0, 0.05) is 31.1 Å². The molecular weight excluding hydrogens is 356 g/mol. The Kier molecular flexibility index (Phi) is 5.33. The van der Waals surface area contributed by atoms with E-state index in [1.54, 1.807) is 0 Å². The lowest BCUT2D eigenvalue weighted by Gasteiger charge is -2.18. The van der Waals surface area contributed by atoms with Crippen molar-refractivity contribution in [3.8, 4) is 0 Å². The summed E-state index contributed by atoms with van der Waals surface area (Å²) in [7, 11) is 3.96. The summed E-state index contributed by atoms with van der Waals surface area (Å²) < 4.78 is 3.82. The zero-order valence-electron chi connectivity index (χ0n) is 19.3. The fraction of sp³-hybridized carbons (Fsp3) is 0.440. The second-order valence-corrected chi connectivity index (χ2v) is 10.0. The summed E-state index contributed by atoms with van der Waals surface area (Å²) in [4.78, 5) is 0. The summed E-state index contributed by atoms with van der Waals surface area (Å²) in [5.41, 5.74) is 6.51. The zero-order chi connectivity index (χ0) is 21.6. The number of aromatic nitrogens is 4. The summed E-state index contributed by atoms with van der Waals surface area (Å²) in [6.07, 6.45) is 2.04. The van der Waals surface area contributed by atoms with Gasteiger partial charge in [-0.3, -0.25) is 9.36 Å². The normalized spacial score (nSPS) is 12.3. The lowest BCUT2D eigenvalue weighted by molar-refractivity contribution is 0.590. The van der Waals surface area contributed by atoms with Crippen molar-refractivity contribution < 1.29 is 0 Å². The van der Waals surface area contributed by atoms with Crippen LogP contribution in [0.4, 0.5) is 0 Å². The van der Waals surface area contributed by atoms with Crippen LogP contribution in [0.2, 0.25) is 0 Å². The monoisotopic (exact) mass is 390 g/mol. The Morgan fingerprint density at radius 3 is 1.97 bits per heavy atom. The second-order valence-electron chi connectivity index (χ2n) is 10.0. The van der Waals surface area contributed by atoms with E-state index in [1.165, 1.54) is 27.4 Å². The molecule has 0 saturated carbocycles. The molecule has 0 unspecified atom stereocenters. The number of aryl methyl sites for hydroxylation is 3. The van der Waals surface area contributed by atoms with E-state index >= 15 is 0 Å². The molecule has 29 heavy (non-hydrogen) atoms. The van der Waals surface area contributed by atoms with Gasteiger partial charge in [0.25, 0.3) is 0 Å². The molecule has 0 saturated heterocycles. The molecule has 154 valence electrons. The minimum absolute atomic E-state index is 0.200. The van der Waals surface area contributed by atoms with Gasteiger partial charge in [0.1, 0.15) is 0 Å². The molecule has 0 N–H and O–H groups in total. The maximum Gasteiger partial charge on any atom is 0.0926 e. The van der Waals surface area contributed by atoms with Crippen molar-refractivity contribution in [1.82, 2.24) is 19.6 Å². The van der Waals surface area contributed by atoms with Gasteiger partial charge in [0.05, 0.1) is 16.7 Å². The smallest absolute Gasteiger partial charge is 0.0926 e. The average Bonchev–Trinajstić information content (AvgIpc) is 3.12. The van der Waals surface area contributed by atoms with E-state index in [4.69, 9.17) is 0 Å². The van der Waals surface area contributed by atoms with E-state index in [-0.39, 0.29) is 10.8 Å². The van der Waals surface area contributed by atoms with Gasteiger partial charge in [0.2, 0.25) is 0 Å². The fourth-order valence-corrected chi connectivity index (χ4v) is 3.51. The van der Waals surface area contributed by atoms with Gasteiger partial charge >= 0.3 is 0 Å². The van der Waals surface area contributed by atoms with E-state index in [1.807, 2.05) is 29.7 Å². The van der Waals surface area contributed by atoms with Crippen LogP contribution in [-0.2, 0) is 24.9 Å². The van der Waals surface area contributed by atoms with Crippen LogP contribution in [0.1, 0.15) is 58.4 Å². The third-order valence-electron chi connectivity index (χ3n) is 5.39. The van der Waals surface area contributed by atoms with Crippen LogP contribution >= 0.6 is 0 Å². The summed E-state index contributed by atoms with van der Waals surface area (Å²) in [5.74, 6) is 0. The molecule has 4 heteroatoms. The molecule has 0 atom stereocenters. The summed E-state index contributed by atoms with van der Waals surface area (Å²) in [6, 6.07) is 13.1. The van der Waals surface area contributed by atoms with E-state index < -0.39 is 0 Å². The average molecular weight is 391 g/mol. The molecule has 0 aliphatic rings. The highest BCUT2D eigenvalue weighted by molar-refractivity contribution is 5.82. The number of hydrogen-bond acceptors (Lipinski definition) is 2. The van der Waals surface area contributed by atoms with Crippen LogP contribution in [-0.4, -0.2) is 19.6 Å². The number of benzene rings is 2. The summed E-state index contributed by atoms with van der Waals surface area (Å²) >= 11 is 0. The SMILES string of the molecule is Cc1nn(C)c2cc(C(C)(C)C)ccc12.Cn1cc2ccc(C(C)(C)C)cc2n1. The van der Waals surface area contributed by atoms with Gasteiger partial charge in [-0.2, -0.15) is 10.2 Å². The molecular formula is C25H34N4. The third kappa shape index (κ3) is 4.52. The molecule has 0 spiro atoms. The second kappa shape index (κ2) is 7.33. The molecule has 4 rings (SSSR count). The number of hydrogen-bond donors (Lipinski definition) is 0. The van der Waals surface area contributed by atoms with Gasteiger partial charge in [-0.25, -0.2) is 0 Å². The fourth-order valence-electron chi connectivity index (χ4n) is 3.51. The van der Waals surface area contributed by atoms with Crippen LogP contribution in [0, 0.1) is 6.92 Å². The van der Waals surface area contributed by atoms with Gasteiger partial charge in [-0.05, 0) is 41.0 Å². The van der Waals surface area contributed by atoms with Crippen LogP contribution in [0.5, 0.6) is 0 Å². The first-order chi connectivity index (χ1) is 13.4. The number of fused-ring (bicyclic) bond motifs is 2. The highest BCUT2D eigenvalue weighted by atomic mass is 15.3. The Labute approximate surface area is 174 Å². The van der Waals surface area contributed by atoms with E-state index in [0.717, 1.165) is 11.2 Å². The van der Waals surface area contributed by atoms with Crippen molar-refractivity contribution >= 4 is 21.8 Å². The Balaban J connectivity index is 0.000000166. The van der Waals surface area contributed by atoms with Crippen molar-refractivity contribution in [2.24, 2.45) is 14.1 Å². The molecule has 0 aliphatic carbocycles. The first kappa shape index (κ1) is 21.1. The van der Waals surface area contributed by atoms with Crippen molar-refractivity contribution in [3.05, 3.63) is 59.4 Å². The van der Waals surface area contributed by atoms with Gasteiger partial charge in [-0.1, -0.05) is 65.8 Å². The van der Waals surface area contributed by atoms with Crippen molar-refractivity contribution in [3.63, 3.8) is 0 Å². The topological polar surface area (TPSA) is 35.6 Å². The molecule has 2 aromatic carbocycles. The van der Waals surface area contributed by atoms with Gasteiger partial charge in [0.15, 0.2) is 0 Å². The predicted octanol–water partition coefficient (Wildman–Crippen LogP) is 6.05. The molecule has 0 bridgehead atoms. The first-order valence-electron chi connectivity index (χ1n) is 10.2. The van der Waals surface area contributed by atoms with E-state index in [0.29, 0.717) is 0 Å². The predicted molar refractivity (Wildman–Crippen MR) is 124 cm³/mol. The number of nitrogens with zero attached hydrogens (tertiary/aromatic N) is 4. The minimum atomic E-state index is 0.200. The molecule has 0 amide bonds. The standard InChI is InChI=1S/C13H18N2.C12H16N2/c1-9-11-7-6-10(13(2,3)4)8-12(11)15(5)14-9;1-12(2,3)10-6-5-9-8-14(4)13-11(9)7-10/h6-8H,1-5H3;5-8H,1-4H3. The quantitative estimate of drug-likeness (QED) is 0.366. The molecule has 0 aliphatic heterocycles. The van der Waals surface area contributed by atoms with Crippen molar-refractivity contribution in [2.75, 3.05) is 0 Å². The molecule has 4 nitrogen and oxygen atoms in total. The Morgan fingerprint density at radius 1 is 0.759 bits per heavy atom. The molecule has 4 aromatic rings. The zero-order valence-corrected chi connectivity index (χ0v) is 19.3. The van der Waals surface area contributed by atoms with Crippen LogP contribution in [0.15, 0.2) is 42.6 Å². The molecule has 2 aromatic heterocycles. The van der Waals surface area contributed by atoms with E-state index in [9.17, 15) is 0 Å². The van der Waals surface area contributed by atoms with Crippen molar-refractivity contribution in [2.45, 2.75) is 59.3 Å². The lowest BCUT2D eigenvalue weighted by atomic mass is 9.86. The molecule has 0 radical (unpaired) electrons. The molecule has 0 fully saturated rings. The largest absolute Gasteiger partial charge is 0.275 e. The van der Waals surface area contributed by atoms with Crippen LogP contribution in [0.25, 0.3) is 21.8 Å². The van der Waals surface area contributed by atoms with Crippen molar-refractivity contribution in [1.29, 1.82) is 0 Å². The van der Waals surface area contributed by atoms with E-state index in [2.05, 4.69) is 95.1 Å². The first-order valence-corrected chi connectivity index (χ1v) is 10.2. The van der Waals surface area contributed by atoms with Gasteiger partial charge < -0.3 is 0 Å². The maximum atomic E-state index is 4.43. The Morgan fingerprint density at radius 2 is 1.34 bits per heavy atom. The minimum Gasteiger partial charge on any atom is -0.275 e. The summed E-state index contributed by atoms with van der Waals surface area (Å²) in [5, 5.41) is 11.3.